The molecule has 3 N–H and O–H groups in total. The maximum absolute atomic E-state index is 11.4. The molecular formula is C14H23N3O3. The third-order valence-corrected chi connectivity index (χ3v) is 3.14. The average Bonchev–Trinajstić information content (AvgIpc) is 2.74. The van der Waals surface area contributed by atoms with Crippen LogP contribution < -0.4 is 11.1 Å². The summed E-state index contributed by atoms with van der Waals surface area (Å²) < 4.78 is 0. The van der Waals surface area contributed by atoms with Gasteiger partial charge in [-0.1, -0.05) is 0 Å². The number of carbonyl (C=O) groups is 3. The molecule has 0 aliphatic carbocycles. The first-order valence-electron chi connectivity index (χ1n) is 7.15. The van der Waals surface area contributed by atoms with Gasteiger partial charge in [0, 0.05) is 31.7 Å². The van der Waals surface area contributed by atoms with Crippen molar-refractivity contribution in [2.45, 2.75) is 38.5 Å². The molecule has 0 fully saturated rings. The first-order chi connectivity index (χ1) is 9.65. The predicted molar refractivity (Wildman–Crippen MR) is 75.6 cm³/mol. The number of nitrogens with two attached hydrogens (primary N) is 1. The van der Waals surface area contributed by atoms with E-state index in [4.69, 9.17) is 5.73 Å². The molecule has 3 amide bonds. The van der Waals surface area contributed by atoms with Gasteiger partial charge in [0.15, 0.2) is 0 Å². The van der Waals surface area contributed by atoms with Crippen LogP contribution in [0.3, 0.4) is 0 Å². The number of amides is 3. The summed E-state index contributed by atoms with van der Waals surface area (Å²) in [6.45, 7) is 1.72. The minimum Gasteiger partial charge on any atom is -0.356 e. The summed E-state index contributed by atoms with van der Waals surface area (Å²) in [4.78, 5) is 35.2. The van der Waals surface area contributed by atoms with E-state index in [9.17, 15) is 14.4 Å². The lowest BCUT2D eigenvalue weighted by molar-refractivity contribution is -0.136. The SMILES string of the molecule is NCCCCC(=O)NCCCCCN1C(=O)C=CC1=O. The van der Waals surface area contributed by atoms with Crippen LogP contribution in [-0.2, 0) is 14.4 Å². The quantitative estimate of drug-likeness (QED) is 0.446. The highest BCUT2D eigenvalue weighted by molar-refractivity contribution is 6.12. The molecule has 6 nitrogen and oxygen atoms in total. The number of imide groups is 1. The zero-order chi connectivity index (χ0) is 14.8. The van der Waals surface area contributed by atoms with Gasteiger partial charge >= 0.3 is 0 Å². The molecule has 0 atom stereocenters. The van der Waals surface area contributed by atoms with E-state index in [1.165, 1.54) is 17.1 Å². The molecule has 1 aliphatic rings. The van der Waals surface area contributed by atoms with Crippen LogP contribution in [-0.4, -0.2) is 42.3 Å². The molecule has 0 saturated carbocycles. The number of nitrogens with one attached hydrogen (secondary N) is 1. The van der Waals surface area contributed by atoms with E-state index in [1.54, 1.807) is 0 Å². The van der Waals surface area contributed by atoms with Crippen molar-refractivity contribution in [3.8, 4) is 0 Å². The average molecular weight is 281 g/mol. The van der Waals surface area contributed by atoms with Crippen LogP contribution in [0, 0.1) is 0 Å². The highest BCUT2D eigenvalue weighted by atomic mass is 16.2. The molecule has 6 heteroatoms. The lowest BCUT2D eigenvalue weighted by atomic mass is 10.2. The zero-order valence-electron chi connectivity index (χ0n) is 11.8. The predicted octanol–water partition coefficient (Wildman–Crippen LogP) is 0.327. The molecule has 0 radical (unpaired) electrons. The van der Waals surface area contributed by atoms with E-state index in [2.05, 4.69) is 5.32 Å². The zero-order valence-corrected chi connectivity index (χ0v) is 11.8. The number of unbranched alkanes of at least 4 members (excludes halogenated alkanes) is 3. The van der Waals surface area contributed by atoms with Crippen molar-refractivity contribution in [1.82, 2.24) is 10.2 Å². The summed E-state index contributed by atoms with van der Waals surface area (Å²) in [6, 6.07) is 0. The van der Waals surface area contributed by atoms with Crippen molar-refractivity contribution in [3.05, 3.63) is 12.2 Å². The summed E-state index contributed by atoms with van der Waals surface area (Å²) in [5, 5.41) is 2.85. The second kappa shape index (κ2) is 9.25. The van der Waals surface area contributed by atoms with Crippen LogP contribution in [0.5, 0.6) is 0 Å². The Morgan fingerprint density at radius 2 is 1.75 bits per heavy atom. The lowest BCUT2D eigenvalue weighted by Gasteiger charge is -2.13. The summed E-state index contributed by atoms with van der Waals surface area (Å²) in [7, 11) is 0. The Morgan fingerprint density at radius 3 is 2.40 bits per heavy atom. The molecule has 0 aromatic rings. The molecule has 0 bridgehead atoms. The first kappa shape index (κ1) is 16.4. The Balaban J connectivity index is 1.96. The largest absolute Gasteiger partial charge is 0.356 e. The Morgan fingerprint density at radius 1 is 1.05 bits per heavy atom. The van der Waals surface area contributed by atoms with Crippen molar-refractivity contribution in [2.24, 2.45) is 5.73 Å². The van der Waals surface area contributed by atoms with Gasteiger partial charge in [0.1, 0.15) is 0 Å². The van der Waals surface area contributed by atoms with E-state index in [0.29, 0.717) is 26.1 Å². The van der Waals surface area contributed by atoms with Crippen LogP contribution in [0.2, 0.25) is 0 Å². The molecule has 1 heterocycles. The van der Waals surface area contributed by atoms with Gasteiger partial charge in [-0.3, -0.25) is 19.3 Å². The van der Waals surface area contributed by atoms with Gasteiger partial charge in [-0.05, 0) is 38.6 Å². The third-order valence-electron chi connectivity index (χ3n) is 3.14. The minimum atomic E-state index is -0.233. The van der Waals surface area contributed by atoms with Crippen LogP contribution >= 0.6 is 0 Å². The van der Waals surface area contributed by atoms with Crippen molar-refractivity contribution >= 4 is 17.7 Å². The van der Waals surface area contributed by atoms with Gasteiger partial charge in [-0.25, -0.2) is 0 Å². The second-order valence-corrected chi connectivity index (χ2v) is 4.82. The van der Waals surface area contributed by atoms with Gasteiger partial charge in [0.05, 0.1) is 0 Å². The molecule has 1 aliphatic heterocycles. The summed E-state index contributed by atoms with van der Waals surface area (Å²) in [5.74, 6) is -0.404. The second-order valence-electron chi connectivity index (χ2n) is 4.82. The van der Waals surface area contributed by atoms with Crippen LogP contribution in [0.25, 0.3) is 0 Å². The highest BCUT2D eigenvalue weighted by Gasteiger charge is 2.21. The fraction of sp³-hybridized carbons (Fsp3) is 0.643. The van der Waals surface area contributed by atoms with Crippen molar-refractivity contribution in [2.75, 3.05) is 19.6 Å². The normalized spacial score (nSPS) is 14.2. The Hall–Kier alpha value is -1.69. The smallest absolute Gasteiger partial charge is 0.253 e. The van der Waals surface area contributed by atoms with E-state index >= 15 is 0 Å². The summed E-state index contributed by atoms with van der Waals surface area (Å²) in [6.07, 6.45) is 7.32. The Labute approximate surface area is 119 Å². The fourth-order valence-corrected chi connectivity index (χ4v) is 1.97. The molecule has 0 saturated heterocycles. The van der Waals surface area contributed by atoms with Crippen molar-refractivity contribution in [3.63, 3.8) is 0 Å². The van der Waals surface area contributed by atoms with Crippen molar-refractivity contribution in [1.29, 1.82) is 0 Å². The van der Waals surface area contributed by atoms with Gasteiger partial charge in [0.2, 0.25) is 5.91 Å². The highest BCUT2D eigenvalue weighted by Crippen LogP contribution is 2.06. The number of nitrogens with zero attached hydrogens (tertiary/aromatic N) is 1. The Bertz CT molecular complexity index is 362. The molecule has 112 valence electrons. The summed E-state index contributed by atoms with van der Waals surface area (Å²) >= 11 is 0. The third kappa shape index (κ3) is 5.97. The Kier molecular flexibility index (Phi) is 7.57. The molecule has 0 aromatic heterocycles. The lowest BCUT2D eigenvalue weighted by Crippen LogP contribution is -2.31. The minimum absolute atomic E-state index is 0.0625. The molecule has 1 rings (SSSR count). The first-order valence-corrected chi connectivity index (χ1v) is 7.15. The van der Waals surface area contributed by atoms with E-state index < -0.39 is 0 Å². The van der Waals surface area contributed by atoms with Crippen LogP contribution in [0.15, 0.2) is 12.2 Å². The molecule has 0 unspecified atom stereocenters. The van der Waals surface area contributed by atoms with E-state index in [1.807, 2.05) is 0 Å². The monoisotopic (exact) mass is 281 g/mol. The maximum atomic E-state index is 11.4. The standard InChI is InChI=1S/C14H23N3O3/c15-9-3-2-6-12(18)16-10-4-1-5-11-17-13(19)7-8-14(17)20/h7-8H,1-6,9-11,15H2,(H,16,18). The molecule has 20 heavy (non-hydrogen) atoms. The van der Waals surface area contributed by atoms with Gasteiger partial charge < -0.3 is 11.1 Å². The topological polar surface area (TPSA) is 92.5 Å². The van der Waals surface area contributed by atoms with Crippen LogP contribution in [0.1, 0.15) is 38.5 Å². The number of rotatable bonds is 10. The van der Waals surface area contributed by atoms with E-state index in [-0.39, 0.29) is 17.7 Å². The summed E-state index contributed by atoms with van der Waals surface area (Å²) in [5.41, 5.74) is 5.35. The number of hydrogen-bond acceptors (Lipinski definition) is 4. The maximum Gasteiger partial charge on any atom is 0.253 e. The molecule has 0 aromatic carbocycles. The van der Waals surface area contributed by atoms with Crippen LogP contribution in [0.4, 0.5) is 0 Å². The number of carbonyl (C=O) groups excluding carboxylic acids is 3. The van der Waals surface area contributed by atoms with Gasteiger partial charge in [-0.2, -0.15) is 0 Å². The van der Waals surface area contributed by atoms with Gasteiger partial charge in [0.25, 0.3) is 11.8 Å². The molecular weight excluding hydrogens is 258 g/mol. The molecule has 0 spiro atoms. The number of hydrogen-bond donors (Lipinski definition) is 2. The van der Waals surface area contributed by atoms with Gasteiger partial charge in [-0.15, -0.1) is 0 Å². The van der Waals surface area contributed by atoms with E-state index in [0.717, 1.165) is 32.1 Å². The fourth-order valence-electron chi connectivity index (χ4n) is 1.97. The van der Waals surface area contributed by atoms with Crippen molar-refractivity contribution < 1.29 is 14.4 Å².